The molecule has 3 rings (SSSR count). The summed E-state index contributed by atoms with van der Waals surface area (Å²) in [5, 5.41) is 3.55. The number of benzene rings is 1. The molecule has 2 aromatic rings. The SMILES string of the molecule is CN1CCCC1CNC(=O)c1ccc2nc(N)sc2c1. The third-order valence-electron chi connectivity index (χ3n) is 3.84. The Morgan fingerprint density at radius 1 is 1.60 bits per heavy atom. The maximum atomic E-state index is 12.2. The number of amides is 1. The van der Waals surface area contributed by atoms with Crippen LogP contribution in [0.3, 0.4) is 0 Å². The van der Waals surface area contributed by atoms with Crippen LogP contribution in [0.4, 0.5) is 5.13 Å². The lowest BCUT2D eigenvalue weighted by atomic mass is 10.2. The summed E-state index contributed by atoms with van der Waals surface area (Å²) >= 11 is 1.41. The largest absolute Gasteiger partial charge is 0.375 e. The molecule has 1 fully saturated rings. The summed E-state index contributed by atoms with van der Waals surface area (Å²) in [4.78, 5) is 18.7. The first kappa shape index (κ1) is 13.3. The molecular formula is C14H18N4OS. The monoisotopic (exact) mass is 290 g/mol. The average molecular weight is 290 g/mol. The molecular weight excluding hydrogens is 272 g/mol. The number of hydrogen-bond donors (Lipinski definition) is 2. The summed E-state index contributed by atoms with van der Waals surface area (Å²) in [7, 11) is 2.11. The molecule has 1 aromatic carbocycles. The number of nitrogen functional groups attached to an aromatic ring is 1. The number of nitrogens with zero attached hydrogens (tertiary/aromatic N) is 2. The van der Waals surface area contributed by atoms with Gasteiger partial charge in [0.25, 0.3) is 5.91 Å². The van der Waals surface area contributed by atoms with Gasteiger partial charge in [-0.25, -0.2) is 4.98 Å². The minimum atomic E-state index is -0.0285. The molecule has 0 saturated carbocycles. The van der Waals surface area contributed by atoms with Gasteiger partial charge in [-0.1, -0.05) is 11.3 Å². The van der Waals surface area contributed by atoms with Gasteiger partial charge in [0.1, 0.15) is 0 Å². The van der Waals surface area contributed by atoms with E-state index in [-0.39, 0.29) is 5.91 Å². The van der Waals surface area contributed by atoms with Crippen molar-refractivity contribution in [1.82, 2.24) is 15.2 Å². The van der Waals surface area contributed by atoms with Gasteiger partial charge in [0.05, 0.1) is 10.2 Å². The van der Waals surface area contributed by atoms with Gasteiger partial charge in [-0.05, 0) is 44.6 Å². The van der Waals surface area contributed by atoms with E-state index >= 15 is 0 Å². The lowest BCUT2D eigenvalue weighted by Gasteiger charge is -2.19. The van der Waals surface area contributed by atoms with Gasteiger partial charge < -0.3 is 16.0 Å². The molecule has 0 radical (unpaired) electrons. The fourth-order valence-corrected chi connectivity index (χ4v) is 3.41. The Labute approximate surface area is 121 Å². The molecule has 0 spiro atoms. The first-order valence-electron chi connectivity index (χ1n) is 6.78. The van der Waals surface area contributed by atoms with Gasteiger partial charge >= 0.3 is 0 Å². The lowest BCUT2D eigenvalue weighted by molar-refractivity contribution is 0.0944. The quantitative estimate of drug-likeness (QED) is 0.902. The minimum absolute atomic E-state index is 0.0285. The number of anilines is 1. The molecule has 3 N–H and O–H groups in total. The smallest absolute Gasteiger partial charge is 0.251 e. The fourth-order valence-electron chi connectivity index (χ4n) is 2.63. The van der Waals surface area contributed by atoms with Crippen molar-refractivity contribution in [1.29, 1.82) is 0 Å². The van der Waals surface area contributed by atoms with E-state index in [9.17, 15) is 4.79 Å². The van der Waals surface area contributed by atoms with E-state index in [1.807, 2.05) is 12.1 Å². The number of carbonyl (C=O) groups excluding carboxylic acids is 1. The molecule has 0 aliphatic carbocycles. The highest BCUT2D eigenvalue weighted by molar-refractivity contribution is 7.22. The first-order valence-corrected chi connectivity index (χ1v) is 7.59. The Hall–Kier alpha value is -1.66. The second-order valence-corrected chi connectivity index (χ2v) is 6.28. The zero-order valence-corrected chi connectivity index (χ0v) is 12.2. The van der Waals surface area contributed by atoms with Crippen molar-refractivity contribution in [3.8, 4) is 0 Å². The number of nitrogens with one attached hydrogen (secondary N) is 1. The number of thiazole rings is 1. The van der Waals surface area contributed by atoms with Crippen molar-refractivity contribution in [3.05, 3.63) is 23.8 Å². The first-order chi connectivity index (χ1) is 9.63. The van der Waals surface area contributed by atoms with Crippen LogP contribution in [0.25, 0.3) is 10.2 Å². The number of nitrogens with two attached hydrogens (primary N) is 1. The van der Waals surface area contributed by atoms with Crippen LogP contribution in [0.1, 0.15) is 23.2 Å². The standard InChI is InChI=1S/C14H18N4OS/c1-18-6-2-3-10(18)8-16-13(19)9-4-5-11-12(7-9)20-14(15)17-11/h4-5,7,10H,2-3,6,8H2,1H3,(H2,15,17)(H,16,19). The number of hydrogen-bond acceptors (Lipinski definition) is 5. The molecule has 6 heteroatoms. The van der Waals surface area contributed by atoms with Crippen LogP contribution in [-0.2, 0) is 0 Å². The van der Waals surface area contributed by atoms with Gasteiger partial charge in [0, 0.05) is 18.2 Å². The highest BCUT2D eigenvalue weighted by Gasteiger charge is 2.21. The van der Waals surface area contributed by atoms with Crippen LogP contribution in [0, 0.1) is 0 Å². The molecule has 5 nitrogen and oxygen atoms in total. The van der Waals surface area contributed by atoms with E-state index < -0.39 is 0 Å². The molecule has 2 heterocycles. The van der Waals surface area contributed by atoms with E-state index in [2.05, 4.69) is 22.2 Å². The van der Waals surface area contributed by atoms with Crippen LogP contribution >= 0.6 is 11.3 Å². The Bertz CT molecular complexity index is 639. The number of carbonyl (C=O) groups is 1. The second-order valence-electron chi connectivity index (χ2n) is 5.22. The summed E-state index contributed by atoms with van der Waals surface area (Å²) in [5.41, 5.74) is 7.19. The summed E-state index contributed by atoms with van der Waals surface area (Å²) < 4.78 is 0.952. The molecule has 20 heavy (non-hydrogen) atoms. The molecule has 1 atom stereocenters. The zero-order valence-electron chi connectivity index (χ0n) is 11.4. The highest BCUT2D eigenvalue weighted by atomic mass is 32.1. The molecule has 0 bridgehead atoms. The van der Waals surface area contributed by atoms with Crippen LogP contribution in [0.2, 0.25) is 0 Å². The van der Waals surface area contributed by atoms with Gasteiger partial charge in [0.15, 0.2) is 5.13 Å². The van der Waals surface area contributed by atoms with Crippen LogP contribution in [0.5, 0.6) is 0 Å². The Morgan fingerprint density at radius 2 is 2.45 bits per heavy atom. The third-order valence-corrected chi connectivity index (χ3v) is 4.68. The lowest BCUT2D eigenvalue weighted by Crippen LogP contribution is -2.38. The topological polar surface area (TPSA) is 71.2 Å². The fraction of sp³-hybridized carbons (Fsp3) is 0.429. The van der Waals surface area contributed by atoms with Gasteiger partial charge in [0.2, 0.25) is 0 Å². The van der Waals surface area contributed by atoms with Crippen LogP contribution in [-0.4, -0.2) is 42.0 Å². The predicted octanol–water partition coefficient (Wildman–Crippen LogP) is 1.70. The Kier molecular flexibility index (Phi) is 3.58. The average Bonchev–Trinajstić information content (AvgIpc) is 2.99. The number of likely N-dealkylation sites (tertiary alicyclic amines) is 1. The van der Waals surface area contributed by atoms with Crippen molar-refractivity contribution < 1.29 is 4.79 Å². The Balaban J connectivity index is 1.68. The Morgan fingerprint density at radius 3 is 3.20 bits per heavy atom. The summed E-state index contributed by atoms with van der Waals surface area (Å²) in [6.07, 6.45) is 2.37. The number of rotatable bonds is 3. The maximum absolute atomic E-state index is 12.2. The zero-order chi connectivity index (χ0) is 14.1. The van der Waals surface area contributed by atoms with Crippen molar-refractivity contribution >= 4 is 32.6 Å². The molecule has 1 aliphatic rings. The van der Waals surface area contributed by atoms with Gasteiger partial charge in [-0.15, -0.1) is 0 Å². The maximum Gasteiger partial charge on any atom is 0.251 e. The molecule has 1 aromatic heterocycles. The van der Waals surface area contributed by atoms with E-state index in [4.69, 9.17) is 5.73 Å². The van der Waals surface area contributed by atoms with Crippen LogP contribution < -0.4 is 11.1 Å². The van der Waals surface area contributed by atoms with E-state index in [1.54, 1.807) is 6.07 Å². The van der Waals surface area contributed by atoms with Crippen molar-refractivity contribution in [3.63, 3.8) is 0 Å². The number of fused-ring (bicyclic) bond motifs is 1. The summed E-state index contributed by atoms with van der Waals surface area (Å²) in [6, 6.07) is 5.96. The third kappa shape index (κ3) is 2.62. The van der Waals surface area contributed by atoms with Crippen molar-refractivity contribution in [2.24, 2.45) is 0 Å². The van der Waals surface area contributed by atoms with Crippen molar-refractivity contribution in [2.75, 3.05) is 25.9 Å². The number of aromatic nitrogens is 1. The van der Waals surface area contributed by atoms with E-state index in [0.717, 1.165) is 23.2 Å². The molecule has 1 unspecified atom stereocenters. The molecule has 1 aliphatic heterocycles. The van der Waals surface area contributed by atoms with E-state index in [1.165, 1.54) is 17.8 Å². The van der Waals surface area contributed by atoms with E-state index in [0.29, 0.717) is 23.3 Å². The predicted molar refractivity (Wildman–Crippen MR) is 82.0 cm³/mol. The summed E-state index contributed by atoms with van der Waals surface area (Å²) in [5.74, 6) is -0.0285. The van der Waals surface area contributed by atoms with Gasteiger partial charge in [-0.2, -0.15) is 0 Å². The number of likely N-dealkylation sites (N-methyl/N-ethyl adjacent to an activating group) is 1. The normalized spacial score (nSPS) is 19.6. The van der Waals surface area contributed by atoms with Gasteiger partial charge in [-0.3, -0.25) is 4.79 Å². The molecule has 1 saturated heterocycles. The molecule has 106 valence electrons. The highest BCUT2D eigenvalue weighted by Crippen LogP contribution is 2.24. The summed E-state index contributed by atoms with van der Waals surface area (Å²) in [6.45, 7) is 1.82. The van der Waals surface area contributed by atoms with Crippen LogP contribution in [0.15, 0.2) is 18.2 Å². The molecule has 1 amide bonds. The minimum Gasteiger partial charge on any atom is -0.375 e. The second kappa shape index (κ2) is 5.38. The van der Waals surface area contributed by atoms with Crippen molar-refractivity contribution in [2.45, 2.75) is 18.9 Å².